The molecule has 2 N–H and O–H groups in total. The van der Waals surface area contributed by atoms with Crippen LogP contribution in [0, 0.1) is 12.7 Å². The topological polar surface area (TPSA) is 85.0 Å². The molecule has 0 radical (unpaired) electrons. The number of rotatable bonds is 11. The second-order valence-electron chi connectivity index (χ2n) is 8.68. The summed E-state index contributed by atoms with van der Waals surface area (Å²) in [4.78, 5) is 39.2. The van der Waals surface area contributed by atoms with E-state index in [-0.39, 0.29) is 61.3 Å². The Balaban J connectivity index is 0.00000342. The largest absolute Gasteiger partial charge is 0.315 e. The number of amides is 2. The first kappa shape index (κ1) is 32.5. The van der Waals surface area contributed by atoms with Gasteiger partial charge in [0.25, 0.3) is 5.91 Å². The maximum atomic E-state index is 14.0. The van der Waals surface area contributed by atoms with Gasteiger partial charge in [0.2, 0.25) is 5.91 Å². The minimum atomic E-state index is -0.265. The summed E-state index contributed by atoms with van der Waals surface area (Å²) in [6.45, 7) is 7.98. The van der Waals surface area contributed by atoms with Gasteiger partial charge in [0, 0.05) is 50.0 Å². The molecule has 0 fully saturated rings. The summed E-state index contributed by atoms with van der Waals surface area (Å²) >= 11 is 0. The van der Waals surface area contributed by atoms with Crippen molar-refractivity contribution < 1.29 is 18.8 Å². The van der Waals surface area contributed by atoms with Crippen LogP contribution in [0.25, 0.3) is 0 Å². The molecule has 8 nitrogen and oxygen atoms in total. The van der Waals surface area contributed by atoms with E-state index in [4.69, 9.17) is 0 Å². The summed E-state index contributed by atoms with van der Waals surface area (Å²) in [5.41, 5.74) is 3.65. The Morgan fingerprint density at radius 3 is 2.35 bits per heavy atom. The molecule has 1 heterocycles. The van der Waals surface area contributed by atoms with Gasteiger partial charge < -0.3 is 10.2 Å². The number of benzene rings is 2. The first-order valence-corrected chi connectivity index (χ1v) is 11.8. The molecular weight excluding hydrogens is 520 g/mol. The van der Waals surface area contributed by atoms with E-state index in [9.17, 15) is 18.8 Å². The molecule has 2 amide bonds. The predicted octanol–water partition coefficient (Wildman–Crippen LogP) is 3.10. The number of carbonyl (C=O) groups is 3. The molecule has 204 valence electrons. The van der Waals surface area contributed by atoms with E-state index >= 15 is 0 Å². The van der Waals surface area contributed by atoms with Crippen LogP contribution in [0.1, 0.15) is 40.9 Å². The number of hydrogen-bond acceptors (Lipinski definition) is 6. The second kappa shape index (κ2) is 15.0. The van der Waals surface area contributed by atoms with Crippen LogP contribution in [-0.2, 0) is 22.7 Å². The van der Waals surface area contributed by atoms with Crippen molar-refractivity contribution in [1.82, 2.24) is 20.7 Å². The number of aryl methyl sites for hydroxylation is 1. The average molecular weight is 557 g/mol. The maximum absolute atomic E-state index is 14.0. The lowest BCUT2D eigenvalue weighted by atomic mass is 10.1. The van der Waals surface area contributed by atoms with Crippen LogP contribution in [0.15, 0.2) is 36.4 Å². The van der Waals surface area contributed by atoms with Gasteiger partial charge in [-0.25, -0.2) is 9.40 Å². The van der Waals surface area contributed by atoms with Crippen LogP contribution in [0.5, 0.6) is 0 Å². The third kappa shape index (κ3) is 8.21. The summed E-state index contributed by atoms with van der Waals surface area (Å²) in [7, 11) is 1.65. The number of Topliss-reactive ketones (excluding diaryl/α,β-unsaturated/α-hetero) is 1. The number of fused-ring (bicyclic) bond motifs is 1. The standard InChI is InChI=1S/C26H34FN5O3.2ClH/c1-5-28-11-12-32(24-10-9-20(19(3)33)13-18(24)2)26(35)15-29-14-25(34)30(4)31-16-21-7-6-8-23(27)22(21)17-31;;/h6-10,13,28-29H,5,11-12,14-17H2,1-4H3;2*1H. The summed E-state index contributed by atoms with van der Waals surface area (Å²) < 4.78 is 14.0. The second-order valence-corrected chi connectivity index (χ2v) is 8.68. The number of ketones is 1. The summed E-state index contributed by atoms with van der Waals surface area (Å²) in [5.74, 6) is -0.683. The molecule has 0 aromatic heterocycles. The molecule has 0 atom stereocenters. The van der Waals surface area contributed by atoms with Crippen molar-refractivity contribution in [3.8, 4) is 0 Å². The third-order valence-corrected chi connectivity index (χ3v) is 6.20. The lowest BCUT2D eigenvalue weighted by Crippen LogP contribution is -2.47. The van der Waals surface area contributed by atoms with Crippen LogP contribution < -0.4 is 15.5 Å². The van der Waals surface area contributed by atoms with E-state index < -0.39 is 0 Å². The number of nitrogens with one attached hydrogen (secondary N) is 2. The lowest BCUT2D eigenvalue weighted by Gasteiger charge is -2.28. The number of anilines is 1. The molecule has 11 heteroatoms. The molecule has 1 aliphatic heterocycles. The predicted molar refractivity (Wildman–Crippen MR) is 148 cm³/mol. The Labute approximate surface area is 230 Å². The molecule has 3 rings (SSSR count). The van der Waals surface area contributed by atoms with Gasteiger partial charge in [0.1, 0.15) is 5.82 Å². The zero-order valence-electron chi connectivity index (χ0n) is 21.7. The fraction of sp³-hybridized carbons (Fsp3) is 0.423. The number of halogens is 3. The quantitative estimate of drug-likeness (QED) is 0.327. The van der Waals surface area contributed by atoms with Crippen LogP contribution >= 0.6 is 24.8 Å². The minimum absolute atomic E-state index is 0. The summed E-state index contributed by atoms with van der Waals surface area (Å²) in [6, 6.07) is 10.3. The third-order valence-electron chi connectivity index (χ3n) is 6.20. The minimum Gasteiger partial charge on any atom is -0.315 e. The molecule has 0 unspecified atom stereocenters. The molecule has 2 aromatic carbocycles. The molecule has 0 spiro atoms. The lowest BCUT2D eigenvalue weighted by molar-refractivity contribution is -0.145. The Bertz CT molecular complexity index is 1100. The van der Waals surface area contributed by atoms with Gasteiger partial charge >= 0.3 is 0 Å². The monoisotopic (exact) mass is 555 g/mol. The summed E-state index contributed by atoms with van der Waals surface area (Å²) in [5, 5.41) is 9.43. The number of carbonyl (C=O) groups excluding carboxylic acids is 3. The van der Waals surface area contributed by atoms with Gasteiger partial charge in [-0.1, -0.05) is 19.1 Å². The van der Waals surface area contributed by atoms with Crippen LogP contribution in [0.4, 0.5) is 10.1 Å². The normalized spacial score (nSPS) is 12.2. The van der Waals surface area contributed by atoms with Crippen molar-refractivity contribution in [2.45, 2.75) is 33.9 Å². The van der Waals surface area contributed by atoms with Gasteiger partial charge in [-0.3, -0.25) is 24.7 Å². The molecule has 0 saturated heterocycles. The Morgan fingerprint density at radius 1 is 1.03 bits per heavy atom. The van der Waals surface area contributed by atoms with E-state index in [0.717, 1.165) is 23.4 Å². The van der Waals surface area contributed by atoms with Crippen LogP contribution in [0.2, 0.25) is 0 Å². The number of hydrogen-bond donors (Lipinski definition) is 2. The average Bonchev–Trinajstić information content (AvgIpc) is 3.27. The van der Waals surface area contributed by atoms with Crippen molar-refractivity contribution in [1.29, 1.82) is 0 Å². The first-order chi connectivity index (χ1) is 16.7. The van der Waals surface area contributed by atoms with Gasteiger partial charge in [0.05, 0.1) is 13.1 Å². The fourth-order valence-corrected chi connectivity index (χ4v) is 4.14. The molecular formula is C26H36Cl2FN5O3. The zero-order chi connectivity index (χ0) is 25.5. The van der Waals surface area contributed by atoms with E-state index in [0.29, 0.717) is 37.3 Å². The van der Waals surface area contributed by atoms with Crippen LogP contribution in [0.3, 0.4) is 0 Å². The first-order valence-electron chi connectivity index (χ1n) is 11.8. The zero-order valence-corrected chi connectivity index (χ0v) is 23.3. The number of likely N-dealkylation sites (N-methyl/N-ethyl adjacent to an activating group) is 2. The van der Waals surface area contributed by atoms with E-state index in [1.807, 2.05) is 19.9 Å². The molecule has 1 aliphatic rings. The van der Waals surface area contributed by atoms with Crippen molar-refractivity contribution in [3.63, 3.8) is 0 Å². The smallest absolute Gasteiger partial charge is 0.250 e. The Hall–Kier alpha value is -2.56. The molecule has 0 aliphatic carbocycles. The molecule has 2 aromatic rings. The SMILES string of the molecule is CCNCCN(C(=O)CNCC(=O)N(C)N1Cc2cccc(F)c2C1)c1ccc(C(C)=O)cc1C.Cl.Cl. The fourth-order valence-electron chi connectivity index (χ4n) is 4.14. The number of nitrogens with zero attached hydrogens (tertiary/aromatic N) is 3. The van der Waals surface area contributed by atoms with Crippen molar-refractivity contribution >= 4 is 48.1 Å². The van der Waals surface area contributed by atoms with Crippen molar-refractivity contribution in [3.05, 3.63) is 64.5 Å². The van der Waals surface area contributed by atoms with Gasteiger partial charge in [-0.05, 0) is 55.8 Å². The Kier molecular flexibility index (Phi) is 13.2. The highest BCUT2D eigenvalue weighted by Crippen LogP contribution is 2.26. The Morgan fingerprint density at radius 2 is 1.73 bits per heavy atom. The van der Waals surface area contributed by atoms with Crippen molar-refractivity contribution in [2.24, 2.45) is 0 Å². The van der Waals surface area contributed by atoms with E-state index in [1.54, 1.807) is 41.2 Å². The van der Waals surface area contributed by atoms with E-state index in [2.05, 4.69) is 10.6 Å². The molecule has 37 heavy (non-hydrogen) atoms. The summed E-state index contributed by atoms with van der Waals surface area (Å²) in [6.07, 6.45) is 0. The number of hydrazine groups is 1. The molecule has 0 saturated carbocycles. The van der Waals surface area contributed by atoms with Gasteiger partial charge in [-0.15, -0.1) is 24.8 Å². The highest BCUT2D eigenvalue weighted by molar-refractivity contribution is 5.98. The van der Waals surface area contributed by atoms with E-state index in [1.165, 1.54) is 18.0 Å². The van der Waals surface area contributed by atoms with Crippen LogP contribution in [-0.4, -0.2) is 67.4 Å². The van der Waals surface area contributed by atoms with Gasteiger partial charge in [0.15, 0.2) is 5.78 Å². The maximum Gasteiger partial charge on any atom is 0.250 e. The van der Waals surface area contributed by atoms with Gasteiger partial charge in [-0.2, -0.15) is 0 Å². The van der Waals surface area contributed by atoms with Crippen molar-refractivity contribution in [2.75, 3.05) is 44.7 Å². The molecule has 0 bridgehead atoms. The highest BCUT2D eigenvalue weighted by Gasteiger charge is 2.27. The highest BCUT2D eigenvalue weighted by atomic mass is 35.5.